The number of hydrogen-bond donors (Lipinski definition) is 0. The van der Waals surface area contributed by atoms with Crippen molar-refractivity contribution in [1.82, 2.24) is 14.7 Å². The molecule has 126 valence electrons. The fraction of sp³-hybridized carbons (Fsp3) is 0.647. The molecule has 3 rings (SSSR count). The van der Waals surface area contributed by atoms with Gasteiger partial charge >= 0.3 is 0 Å². The molecule has 2 saturated heterocycles. The Balaban J connectivity index is 1.71. The zero-order chi connectivity index (χ0) is 16.6. The van der Waals surface area contributed by atoms with Crippen molar-refractivity contribution in [2.24, 2.45) is 11.3 Å². The van der Waals surface area contributed by atoms with Crippen molar-refractivity contribution in [2.75, 3.05) is 46.8 Å². The molecule has 1 spiro atoms. The zero-order valence-corrected chi connectivity index (χ0v) is 14.1. The average molecular weight is 319 g/mol. The Morgan fingerprint density at radius 2 is 2.26 bits per heavy atom. The van der Waals surface area contributed by atoms with Gasteiger partial charge in [-0.1, -0.05) is 6.92 Å². The summed E-state index contributed by atoms with van der Waals surface area (Å²) in [5, 5.41) is 0. The summed E-state index contributed by atoms with van der Waals surface area (Å²) in [7, 11) is 4.03. The Morgan fingerprint density at radius 1 is 1.48 bits per heavy atom. The van der Waals surface area contributed by atoms with Crippen LogP contribution in [0.3, 0.4) is 0 Å². The van der Waals surface area contributed by atoms with E-state index >= 15 is 0 Å². The molecule has 2 fully saturated rings. The molecule has 3 heterocycles. The average Bonchev–Trinajstić information content (AvgIpc) is 3.20. The van der Waals surface area contributed by atoms with Crippen LogP contribution in [-0.2, 0) is 4.79 Å². The number of rotatable bonds is 4. The van der Waals surface area contributed by atoms with Crippen LogP contribution in [0.5, 0.6) is 0 Å². The van der Waals surface area contributed by atoms with E-state index in [1.165, 1.54) is 12.5 Å². The topological polar surface area (TPSA) is 57.0 Å². The van der Waals surface area contributed by atoms with Crippen molar-refractivity contribution in [3.8, 4) is 0 Å². The summed E-state index contributed by atoms with van der Waals surface area (Å²) < 4.78 is 5.00. The molecule has 0 saturated carbocycles. The highest BCUT2D eigenvalue weighted by molar-refractivity contribution is 5.95. The standard InChI is InChI=1S/C17H25N3O3/c1-13-10-20(15(21)14-4-9-23-11-14)12-17(13)5-6-19(16(17)22)8-7-18(2)3/h4,9,11,13H,5-8,10,12H2,1-3H3/t13-,17-/m0/s1. The summed E-state index contributed by atoms with van der Waals surface area (Å²) in [6.07, 6.45) is 3.82. The van der Waals surface area contributed by atoms with Crippen LogP contribution in [-0.4, -0.2) is 73.3 Å². The lowest BCUT2D eigenvalue weighted by molar-refractivity contribution is -0.137. The van der Waals surface area contributed by atoms with Crippen LogP contribution < -0.4 is 0 Å². The molecule has 2 amide bonds. The highest BCUT2D eigenvalue weighted by atomic mass is 16.3. The lowest BCUT2D eigenvalue weighted by atomic mass is 9.78. The fourth-order valence-corrected chi connectivity index (χ4v) is 3.79. The number of furan rings is 1. The molecule has 6 heteroatoms. The van der Waals surface area contributed by atoms with Gasteiger partial charge in [-0.15, -0.1) is 0 Å². The summed E-state index contributed by atoms with van der Waals surface area (Å²) in [6, 6.07) is 1.68. The Bertz CT molecular complexity index is 584. The van der Waals surface area contributed by atoms with Gasteiger partial charge in [-0.05, 0) is 32.5 Å². The largest absolute Gasteiger partial charge is 0.472 e. The maximum atomic E-state index is 13.0. The number of nitrogens with zero attached hydrogens (tertiary/aromatic N) is 3. The van der Waals surface area contributed by atoms with Gasteiger partial charge in [-0.2, -0.15) is 0 Å². The van der Waals surface area contributed by atoms with Gasteiger partial charge in [0.2, 0.25) is 5.91 Å². The minimum atomic E-state index is -0.397. The molecule has 2 aliphatic heterocycles. The van der Waals surface area contributed by atoms with E-state index in [0.717, 1.165) is 26.1 Å². The van der Waals surface area contributed by atoms with E-state index in [2.05, 4.69) is 11.8 Å². The van der Waals surface area contributed by atoms with Crippen LogP contribution >= 0.6 is 0 Å². The van der Waals surface area contributed by atoms with Crippen molar-refractivity contribution in [2.45, 2.75) is 13.3 Å². The second kappa shape index (κ2) is 6.00. The number of carbonyl (C=O) groups is 2. The van der Waals surface area contributed by atoms with Gasteiger partial charge in [-0.3, -0.25) is 9.59 Å². The molecule has 1 aromatic rings. The first-order chi connectivity index (χ1) is 10.9. The maximum Gasteiger partial charge on any atom is 0.257 e. The number of amides is 2. The Kier molecular flexibility index (Phi) is 4.19. The summed E-state index contributed by atoms with van der Waals surface area (Å²) in [6.45, 7) is 5.68. The molecule has 0 aliphatic carbocycles. The maximum absolute atomic E-state index is 13.0. The van der Waals surface area contributed by atoms with Gasteiger partial charge in [0, 0.05) is 32.7 Å². The van der Waals surface area contributed by atoms with Gasteiger partial charge in [0.15, 0.2) is 0 Å². The normalized spacial score (nSPS) is 27.7. The molecule has 0 bridgehead atoms. The highest BCUT2D eigenvalue weighted by Gasteiger charge is 2.55. The molecule has 2 atom stereocenters. The van der Waals surface area contributed by atoms with Crippen LogP contribution in [0, 0.1) is 11.3 Å². The minimum Gasteiger partial charge on any atom is -0.472 e. The molecule has 23 heavy (non-hydrogen) atoms. The second-order valence-corrected chi connectivity index (χ2v) is 7.10. The van der Waals surface area contributed by atoms with Crippen LogP contribution in [0.1, 0.15) is 23.7 Å². The molecular formula is C17H25N3O3. The number of likely N-dealkylation sites (tertiary alicyclic amines) is 2. The van der Waals surface area contributed by atoms with Crippen LogP contribution in [0.15, 0.2) is 23.0 Å². The predicted molar refractivity (Wildman–Crippen MR) is 86.0 cm³/mol. The third kappa shape index (κ3) is 2.76. The summed E-state index contributed by atoms with van der Waals surface area (Å²) in [5.74, 6) is 0.367. The molecule has 0 radical (unpaired) electrons. The van der Waals surface area contributed by atoms with Crippen molar-refractivity contribution < 1.29 is 14.0 Å². The first-order valence-corrected chi connectivity index (χ1v) is 8.19. The van der Waals surface area contributed by atoms with Crippen LogP contribution in [0.4, 0.5) is 0 Å². The van der Waals surface area contributed by atoms with Crippen LogP contribution in [0.2, 0.25) is 0 Å². The van der Waals surface area contributed by atoms with Gasteiger partial charge in [-0.25, -0.2) is 0 Å². The number of carbonyl (C=O) groups excluding carboxylic acids is 2. The SMILES string of the molecule is C[C@H]1CN(C(=O)c2ccoc2)C[C@@]12CCN(CCN(C)C)C2=O. The lowest BCUT2D eigenvalue weighted by Gasteiger charge is -2.27. The van der Waals surface area contributed by atoms with Gasteiger partial charge in [0.1, 0.15) is 6.26 Å². The number of hydrogen-bond acceptors (Lipinski definition) is 4. The molecule has 0 unspecified atom stereocenters. The van der Waals surface area contributed by atoms with E-state index in [4.69, 9.17) is 4.42 Å². The molecule has 0 aromatic carbocycles. The van der Waals surface area contributed by atoms with E-state index in [-0.39, 0.29) is 17.7 Å². The molecule has 6 nitrogen and oxygen atoms in total. The van der Waals surface area contributed by atoms with Crippen molar-refractivity contribution in [3.63, 3.8) is 0 Å². The van der Waals surface area contributed by atoms with E-state index in [1.807, 2.05) is 23.9 Å². The molecule has 2 aliphatic rings. The first kappa shape index (κ1) is 16.1. The van der Waals surface area contributed by atoms with E-state index in [1.54, 1.807) is 6.07 Å². The van der Waals surface area contributed by atoms with E-state index < -0.39 is 5.41 Å². The highest BCUT2D eigenvalue weighted by Crippen LogP contribution is 2.44. The fourth-order valence-electron chi connectivity index (χ4n) is 3.79. The quantitative estimate of drug-likeness (QED) is 0.835. The summed E-state index contributed by atoms with van der Waals surface area (Å²) in [4.78, 5) is 31.3. The minimum absolute atomic E-state index is 0.0398. The van der Waals surface area contributed by atoms with Gasteiger partial charge in [0.25, 0.3) is 5.91 Å². The summed E-state index contributed by atoms with van der Waals surface area (Å²) >= 11 is 0. The lowest BCUT2D eigenvalue weighted by Crippen LogP contribution is -2.42. The van der Waals surface area contributed by atoms with Crippen molar-refractivity contribution >= 4 is 11.8 Å². The van der Waals surface area contributed by atoms with E-state index in [9.17, 15) is 9.59 Å². The zero-order valence-electron chi connectivity index (χ0n) is 14.1. The Hall–Kier alpha value is -1.82. The van der Waals surface area contributed by atoms with Crippen molar-refractivity contribution in [1.29, 1.82) is 0 Å². The first-order valence-electron chi connectivity index (χ1n) is 8.19. The molecule has 0 N–H and O–H groups in total. The van der Waals surface area contributed by atoms with Gasteiger partial charge in [0.05, 0.1) is 17.2 Å². The molecular weight excluding hydrogens is 294 g/mol. The third-order valence-electron chi connectivity index (χ3n) is 5.32. The third-order valence-corrected chi connectivity index (χ3v) is 5.32. The van der Waals surface area contributed by atoms with Crippen LogP contribution in [0.25, 0.3) is 0 Å². The number of likely N-dealkylation sites (N-methyl/N-ethyl adjacent to an activating group) is 1. The second-order valence-electron chi connectivity index (χ2n) is 7.10. The predicted octanol–water partition coefficient (Wildman–Crippen LogP) is 1.15. The Labute approximate surface area is 137 Å². The monoisotopic (exact) mass is 319 g/mol. The molecule has 1 aromatic heterocycles. The van der Waals surface area contributed by atoms with E-state index in [0.29, 0.717) is 18.7 Å². The summed E-state index contributed by atoms with van der Waals surface area (Å²) in [5.41, 5.74) is 0.162. The Morgan fingerprint density at radius 3 is 2.91 bits per heavy atom. The van der Waals surface area contributed by atoms with Gasteiger partial charge < -0.3 is 19.1 Å². The van der Waals surface area contributed by atoms with Crippen molar-refractivity contribution in [3.05, 3.63) is 24.2 Å². The smallest absolute Gasteiger partial charge is 0.257 e.